The summed E-state index contributed by atoms with van der Waals surface area (Å²) < 4.78 is 14.2. The van der Waals surface area contributed by atoms with Crippen LogP contribution in [0.4, 0.5) is 10.1 Å². The summed E-state index contributed by atoms with van der Waals surface area (Å²) in [5.41, 5.74) is -0.282. The lowest BCUT2D eigenvalue weighted by molar-refractivity contribution is -0.148. The van der Waals surface area contributed by atoms with E-state index < -0.39 is 17.8 Å². The van der Waals surface area contributed by atoms with Gasteiger partial charge in [0.05, 0.1) is 10.7 Å². The highest BCUT2D eigenvalue weighted by Gasteiger charge is 2.55. The molecule has 6 heteroatoms. The molecule has 1 aromatic rings. The highest BCUT2D eigenvalue weighted by Crippen LogP contribution is 2.60. The van der Waals surface area contributed by atoms with Gasteiger partial charge in [0.1, 0.15) is 6.04 Å². The quantitative estimate of drug-likeness (QED) is 0.739. The molecule has 0 saturated heterocycles. The summed E-state index contributed by atoms with van der Waals surface area (Å²) in [5.74, 6) is 0.797. The van der Waals surface area contributed by atoms with Gasteiger partial charge in [-0.3, -0.25) is 9.59 Å². The van der Waals surface area contributed by atoms with E-state index in [-0.39, 0.29) is 28.0 Å². The molecule has 0 radical (unpaired) electrons. The molecule has 28 heavy (non-hydrogen) atoms. The molecular formula is C22H28ClFN2O2. The molecule has 4 aliphatic carbocycles. The van der Waals surface area contributed by atoms with Crippen molar-refractivity contribution in [2.45, 2.75) is 58.4 Å². The lowest BCUT2D eigenvalue weighted by Crippen LogP contribution is -2.57. The SMILES string of the molecule is CC(C)C(NC(=O)C12CC3CC(CC(C3)C1)C2)C(=O)Nc1cccc(Cl)c1F. The molecule has 0 spiro atoms. The van der Waals surface area contributed by atoms with E-state index >= 15 is 0 Å². The molecule has 4 fully saturated rings. The molecule has 1 atom stereocenters. The Morgan fingerprint density at radius 3 is 2.21 bits per heavy atom. The Morgan fingerprint density at radius 1 is 1.11 bits per heavy atom. The van der Waals surface area contributed by atoms with Crippen LogP contribution in [0.25, 0.3) is 0 Å². The molecule has 4 aliphatic rings. The van der Waals surface area contributed by atoms with Crippen LogP contribution in [0.1, 0.15) is 52.4 Å². The first-order valence-corrected chi connectivity index (χ1v) is 10.7. The molecule has 5 rings (SSSR count). The zero-order valence-corrected chi connectivity index (χ0v) is 17.2. The number of benzene rings is 1. The Bertz CT molecular complexity index is 759. The summed E-state index contributed by atoms with van der Waals surface area (Å²) in [6.45, 7) is 3.77. The van der Waals surface area contributed by atoms with Gasteiger partial charge >= 0.3 is 0 Å². The van der Waals surface area contributed by atoms with Crippen molar-refractivity contribution in [1.82, 2.24) is 5.32 Å². The van der Waals surface area contributed by atoms with Crippen LogP contribution < -0.4 is 10.6 Å². The van der Waals surface area contributed by atoms with Gasteiger partial charge in [0.25, 0.3) is 0 Å². The van der Waals surface area contributed by atoms with Crippen LogP contribution in [0, 0.1) is 34.9 Å². The van der Waals surface area contributed by atoms with E-state index in [1.54, 1.807) is 6.07 Å². The van der Waals surface area contributed by atoms with Crippen LogP contribution >= 0.6 is 11.6 Å². The standard InChI is InChI=1S/C22H28ClFN2O2/c1-12(2)19(20(27)25-17-5-3-4-16(23)18(17)24)26-21(28)22-9-13-6-14(10-22)8-15(7-13)11-22/h3-5,12-15,19H,6-11H2,1-2H3,(H,25,27)(H,26,28). The van der Waals surface area contributed by atoms with E-state index in [2.05, 4.69) is 10.6 Å². The highest BCUT2D eigenvalue weighted by molar-refractivity contribution is 6.31. The number of carbonyl (C=O) groups is 2. The van der Waals surface area contributed by atoms with E-state index in [0.29, 0.717) is 17.8 Å². The van der Waals surface area contributed by atoms with Crippen molar-refractivity contribution in [2.24, 2.45) is 29.1 Å². The van der Waals surface area contributed by atoms with Gasteiger partial charge in [-0.25, -0.2) is 4.39 Å². The number of nitrogens with one attached hydrogen (secondary N) is 2. The van der Waals surface area contributed by atoms with E-state index in [1.807, 2.05) is 13.8 Å². The number of hydrogen-bond acceptors (Lipinski definition) is 2. The van der Waals surface area contributed by atoms with Gasteiger partial charge in [-0.2, -0.15) is 0 Å². The smallest absolute Gasteiger partial charge is 0.247 e. The molecule has 1 unspecified atom stereocenters. The highest BCUT2D eigenvalue weighted by atomic mass is 35.5. The number of halogens is 2. The van der Waals surface area contributed by atoms with Gasteiger partial charge in [-0.15, -0.1) is 0 Å². The van der Waals surface area contributed by atoms with Crippen molar-refractivity contribution in [1.29, 1.82) is 0 Å². The zero-order valence-electron chi connectivity index (χ0n) is 16.4. The predicted octanol–water partition coefficient (Wildman–Crippen LogP) is 4.77. The number of anilines is 1. The minimum atomic E-state index is -0.709. The second-order valence-electron chi connectivity index (χ2n) is 9.48. The molecule has 4 nitrogen and oxygen atoms in total. The Balaban J connectivity index is 1.48. The summed E-state index contributed by atoms with van der Waals surface area (Å²) >= 11 is 5.80. The first-order valence-electron chi connectivity index (χ1n) is 10.3. The maximum absolute atomic E-state index is 14.2. The van der Waals surface area contributed by atoms with Crippen LogP contribution in [0.3, 0.4) is 0 Å². The normalized spacial score (nSPS) is 31.7. The Kier molecular flexibility index (Phi) is 5.15. The maximum Gasteiger partial charge on any atom is 0.247 e. The van der Waals surface area contributed by atoms with Crippen LogP contribution in [-0.4, -0.2) is 17.9 Å². The van der Waals surface area contributed by atoms with Crippen molar-refractivity contribution >= 4 is 29.1 Å². The molecular weight excluding hydrogens is 379 g/mol. The lowest BCUT2D eigenvalue weighted by Gasteiger charge is -2.55. The van der Waals surface area contributed by atoms with E-state index in [4.69, 9.17) is 11.6 Å². The van der Waals surface area contributed by atoms with Gasteiger partial charge in [-0.05, 0) is 74.3 Å². The second-order valence-corrected chi connectivity index (χ2v) is 9.89. The van der Waals surface area contributed by atoms with Gasteiger partial charge in [-0.1, -0.05) is 31.5 Å². The fourth-order valence-electron chi connectivity index (χ4n) is 6.03. The van der Waals surface area contributed by atoms with Gasteiger partial charge < -0.3 is 10.6 Å². The average molecular weight is 407 g/mol. The summed E-state index contributed by atoms with van der Waals surface area (Å²) in [6.07, 6.45) is 6.61. The first-order chi connectivity index (χ1) is 13.3. The van der Waals surface area contributed by atoms with Crippen molar-refractivity contribution < 1.29 is 14.0 Å². The van der Waals surface area contributed by atoms with Gasteiger partial charge in [0, 0.05) is 5.41 Å². The van der Waals surface area contributed by atoms with Crippen molar-refractivity contribution in [2.75, 3.05) is 5.32 Å². The molecule has 2 N–H and O–H groups in total. The summed E-state index contributed by atoms with van der Waals surface area (Å²) in [5, 5.41) is 5.57. The fraction of sp³-hybridized carbons (Fsp3) is 0.636. The second kappa shape index (κ2) is 7.33. The minimum absolute atomic E-state index is 0.00650. The topological polar surface area (TPSA) is 58.2 Å². The molecule has 0 heterocycles. The maximum atomic E-state index is 14.2. The predicted molar refractivity (Wildman–Crippen MR) is 107 cm³/mol. The van der Waals surface area contributed by atoms with Crippen molar-refractivity contribution in [3.63, 3.8) is 0 Å². The Labute approximate surface area is 170 Å². The van der Waals surface area contributed by atoms with E-state index in [0.717, 1.165) is 19.3 Å². The summed E-state index contributed by atoms with van der Waals surface area (Å²) in [7, 11) is 0. The molecule has 4 bridgehead atoms. The average Bonchev–Trinajstić information content (AvgIpc) is 2.61. The minimum Gasteiger partial charge on any atom is -0.344 e. The van der Waals surface area contributed by atoms with Gasteiger partial charge in [0.2, 0.25) is 11.8 Å². The third-order valence-electron chi connectivity index (χ3n) is 6.97. The first kappa shape index (κ1) is 19.7. The lowest BCUT2D eigenvalue weighted by atomic mass is 9.49. The molecule has 2 amide bonds. The van der Waals surface area contributed by atoms with E-state index in [9.17, 15) is 14.0 Å². The third kappa shape index (κ3) is 3.54. The molecule has 4 saturated carbocycles. The Morgan fingerprint density at radius 2 is 1.68 bits per heavy atom. The monoisotopic (exact) mass is 406 g/mol. The molecule has 1 aromatic carbocycles. The van der Waals surface area contributed by atoms with Crippen molar-refractivity contribution in [3.8, 4) is 0 Å². The number of amides is 2. The van der Waals surface area contributed by atoms with Crippen LogP contribution in [0.15, 0.2) is 18.2 Å². The van der Waals surface area contributed by atoms with Crippen LogP contribution in [0.5, 0.6) is 0 Å². The van der Waals surface area contributed by atoms with Crippen LogP contribution in [0.2, 0.25) is 5.02 Å². The van der Waals surface area contributed by atoms with Crippen LogP contribution in [-0.2, 0) is 9.59 Å². The zero-order chi connectivity index (χ0) is 20.1. The summed E-state index contributed by atoms with van der Waals surface area (Å²) in [4.78, 5) is 26.1. The molecule has 152 valence electrons. The Hall–Kier alpha value is -1.62. The largest absolute Gasteiger partial charge is 0.344 e. The van der Waals surface area contributed by atoms with Crippen molar-refractivity contribution in [3.05, 3.63) is 29.0 Å². The number of hydrogen-bond donors (Lipinski definition) is 2. The number of carbonyl (C=O) groups excluding carboxylic acids is 2. The fourth-order valence-corrected chi connectivity index (χ4v) is 6.20. The third-order valence-corrected chi connectivity index (χ3v) is 7.26. The molecule has 0 aromatic heterocycles. The summed E-state index contributed by atoms with van der Waals surface area (Å²) in [6, 6.07) is 3.77. The van der Waals surface area contributed by atoms with E-state index in [1.165, 1.54) is 31.4 Å². The molecule has 0 aliphatic heterocycles. The van der Waals surface area contributed by atoms with Gasteiger partial charge in [0.15, 0.2) is 5.82 Å². The number of rotatable bonds is 5.